The van der Waals surface area contributed by atoms with Crippen molar-refractivity contribution < 1.29 is 23.1 Å². The highest BCUT2D eigenvalue weighted by Gasteiger charge is 2.29. The Bertz CT molecular complexity index is 1870. The molecule has 0 radical (unpaired) electrons. The quantitative estimate of drug-likeness (QED) is 0.301. The lowest BCUT2D eigenvalue weighted by atomic mass is 9.97. The highest BCUT2D eigenvalue weighted by Crippen LogP contribution is 2.34. The second-order valence-corrected chi connectivity index (χ2v) is 11.7. The maximum atomic E-state index is 13.9. The predicted molar refractivity (Wildman–Crippen MR) is 150 cm³/mol. The summed E-state index contributed by atoms with van der Waals surface area (Å²) < 4.78 is 30.6. The van der Waals surface area contributed by atoms with Gasteiger partial charge in [-0.1, -0.05) is 18.2 Å². The highest BCUT2D eigenvalue weighted by atomic mass is 32.2. The van der Waals surface area contributed by atoms with E-state index in [0.717, 1.165) is 16.6 Å². The number of nitrogens with zero attached hydrogens (tertiary/aromatic N) is 6. The maximum Gasteiger partial charge on any atom is 0.407 e. The summed E-state index contributed by atoms with van der Waals surface area (Å²) in [5.41, 5.74) is 3.01. The minimum Gasteiger partial charge on any atom is -0.465 e. The van der Waals surface area contributed by atoms with E-state index < -0.39 is 22.0 Å². The van der Waals surface area contributed by atoms with Crippen LogP contribution in [0.15, 0.2) is 78.1 Å². The number of piperidine rings is 1. The van der Waals surface area contributed by atoms with Crippen molar-refractivity contribution in [3.8, 4) is 11.1 Å². The normalized spacial score (nSPS) is 15.8. The van der Waals surface area contributed by atoms with Crippen LogP contribution in [0.4, 0.5) is 4.79 Å². The van der Waals surface area contributed by atoms with Gasteiger partial charge < -0.3 is 15.3 Å². The third-order valence-corrected chi connectivity index (χ3v) is 9.11. The number of benzene rings is 1. The molecular weight excluding hydrogens is 546 g/mol. The maximum absolute atomic E-state index is 13.9. The van der Waals surface area contributed by atoms with Crippen LogP contribution in [-0.4, -0.2) is 73.8 Å². The lowest BCUT2D eigenvalue weighted by molar-refractivity contribution is -0.126. The van der Waals surface area contributed by atoms with Gasteiger partial charge in [0.15, 0.2) is 5.65 Å². The number of fused-ring (bicyclic) bond motifs is 2. The zero-order valence-corrected chi connectivity index (χ0v) is 22.7. The molecule has 5 aromatic rings. The van der Waals surface area contributed by atoms with Gasteiger partial charge in [0.25, 0.3) is 10.0 Å². The van der Waals surface area contributed by atoms with Gasteiger partial charge in [-0.2, -0.15) is 14.8 Å². The number of hydrogen-bond acceptors (Lipinski definition) is 7. The molecule has 210 valence electrons. The number of pyridine rings is 1. The molecule has 13 heteroatoms. The smallest absolute Gasteiger partial charge is 0.407 e. The van der Waals surface area contributed by atoms with E-state index in [1.54, 1.807) is 48.9 Å². The van der Waals surface area contributed by atoms with Gasteiger partial charge in [0.1, 0.15) is 0 Å². The van der Waals surface area contributed by atoms with Crippen LogP contribution in [-0.2, 0) is 21.2 Å². The summed E-state index contributed by atoms with van der Waals surface area (Å²) >= 11 is 0. The Balaban J connectivity index is 1.37. The summed E-state index contributed by atoms with van der Waals surface area (Å²) in [5, 5.41) is 21.4. The summed E-state index contributed by atoms with van der Waals surface area (Å²) in [6.45, 7) is 0.721. The fourth-order valence-electron chi connectivity index (χ4n) is 5.37. The Hall–Kier alpha value is -4.78. The second kappa shape index (κ2) is 10.7. The lowest BCUT2D eigenvalue weighted by Crippen LogP contribution is -2.45. The van der Waals surface area contributed by atoms with E-state index in [4.69, 9.17) is 0 Å². The molecule has 0 saturated carbocycles. The number of hydrogen-bond donors (Lipinski definition) is 2. The number of amides is 2. The number of likely N-dealkylation sites (tertiary alicyclic amines) is 1. The fourth-order valence-corrected chi connectivity index (χ4v) is 6.90. The van der Waals surface area contributed by atoms with E-state index in [1.807, 2.05) is 12.1 Å². The van der Waals surface area contributed by atoms with Crippen molar-refractivity contribution in [2.45, 2.75) is 24.2 Å². The molecule has 12 nitrogen and oxygen atoms in total. The van der Waals surface area contributed by atoms with Crippen molar-refractivity contribution in [1.82, 2.24) is 34.0 Å². The molecule has 1 aliphatic rings. The van der Waals surface area contributed by atoms with Gasteiger partial charge in [-0.05, 0) is 54.8 Å². The van der Waals surface area contributed by atoms with E-state index in [2.05, 4.69) is 20.5 Å². The average Bonchev–Trinajstić information content (AvgIpc) is 3.59. The Labute approximate surface area is 235 Å². The van der Waals surface area contributed by atoms with Gasteiger partial charge in [0.2, 0.25) is 5.91 Å². The number of carbonyl (C=O) groups is 2. The van der Waals surface area contributed by atoms with Crippen LogP contribution in [0.2, 0.25) is 0 Å². The number of rotatable bonds is 7. The van der Waals surface area contributed by atoms with Gasteiger partial charge in [-0.25, -0.2) is 22.2 Å². The van der Waals surface area contributed by atoms with Crippen LogP contribution in [0.5, 0.6) is 0 Å². The van der Waals surface area contributed by atoms with E-state index in [1.165, 1.54) is 25.6 Å². The number of nitrogens with one attached hydrogen (secondary N) is 1. The van der Waals surface area contributed by atoms with Gasteiger partial charge in [-0.15, -0.1) is 0 Å². The fraction of sp³-hybridized carbons (Fsp3) is 0.250. The van der Waals surface area contributed by atoms with E-state index >= 15 is 0 Å². The molecule has 0 spiro atoms. The van der Waals surface area contributed by atoms with Crippen LogP contribution in [0.3, 0.4) is 0 Å². The molecule has 1 aliphatic heterocycles. The molecule has 1 unspecified atom stereocenters. The van der Waals surface area contributed by atoms with Crippen molar-refractivity contribution in [2.24, 2.45) is 5.92 Å². The highest BCUT2D eigenvalue weighted by molar-refractivity contribution is 7.90. The third-order valence-electron chi connectivity index (χ3n) is 7.35. The van der Waals surface area contributed by atoms with E-state index in [9.17, 15) is 23.1 Å². The summed E-state index contributed by atoms with van der Waals surface area (Å²) in [7, 11) is -4.03. The predicted octanol–water partition coefficient (Wildman–Crippen LogP) is 3.03. The van der Waals surface area contributed by atoms with Gasteiger partial charge in [0.05, 0.1) is 22.5 Å². The first kappa shape index (κ1) is 26.4. The minimum atomic E-state index is -4.03. The monoisotopic (exact) mass is 573 g/mol. The molecule has 1 fully saturated rings. The number of carbonyl (C=O) groups excluding carboxylic acids is 1. The SMILES string of the molecule is O=C(NCCc1cc2c(-c3cnn4ncccc34)ccnc2n1S(=O)(=O)c1ccccc1)C1CCCN(C(=O)O)C1. The second-order valence-electron chi connectivity index (χ2n) is 9.88. The molecule has 6 rings (SSSR count). The van der Waals surface area contributed by atoms with E-state index in [0.29, 0.717) is 30.5 Å². The zero-order valence-electron chi connectivity index (χ0n) is 21.9. The Morgan fingerprint density at radius 3 is 2.66 bits per heavy atom. The van der Waals surface area contributed by atoms with Gasteiger partial charge in [-0.3, -0.25) is 4.79 Å². The average molecular weight is 574 g/mol. The number of carboxylic acid groups (broad SMARTS) is 1. The lowest BCUT2D eigenvalue weighted by Gasteiger charge is -2.29. The molecule has 0 bridgehead atoms. The summed E-state index contributed by atoms with van der Waals surface area (Å²) in [4.78, 5) is 30.1. The molecule has 1 atom stereocenters. The van der Waals surface area contributed by atoms with Crippen LogP contribution < -0.4 is 5.32 Å². The molecular formula is C28H27N7O5S. The molecule has 41 heavy (non-hydrogen) atoms. The van der Waals surface area contributed by atoms with Crippen LogP contribution in [0.1, 0.15) is 18.5 Å². The molecule has 2 amide bonds. The minimum absolute atomic E-state index is 0.117. The standard InChI is InChI=1S/C28H27N7O5S/c36-27(19-6-5-15-33(18-19)28(37)38)30-13-10-20-16-23-22(24-17-32-35-25(24)9-4-12-31-35)11-14-29-26(23)34(20)41(39,40)21-7-2-1-3-8-21/h1-4,7-9,11-12,14,16-17,19H,5-6,10,13,15,18H2,(H,30,36)(H,37,38). The summed E-state index contributed by atoms with van der Waals surface area (Å²) in [6.07, 6.45) is 5.26. The Morgan fingerprint density at radius 2 is 1.85 bits per heavy atom. The Kier molecular flexibility index (Phi) is 6.87. The third kappa shape index (κ3) is 4.88. The van der Waals surface area contributed by atoms with Crippen LogP contribution in [0, 0.1) is 5.92 Å². The van der Waals surface area contributed by atoms with Crippen LogP contribution >= 0.6 is 0 Å². The molecule has 1 saturated heterocycles. The molecule has 0 aliphatic carbocycles. The molecule has 1 aromatic carbocycles. The zero-order chi connectivity index (χ0) is 28.6. The van der Waals surface area contributed by atoms with Crippen molar-refractivity contribution in [3.05, 3.63) is 78.9 Å². The van der Waals surface area contributed by atoms with Crippen molar-refractivity contribution in [2.75, 3.05) is 19.6 Å². The van der Waals surface area contributed by atoms with E-state index in [-0.39, 0.29) is 36.0 Å². The largest absolute Gasteiger partial charge is 0.465 e. The molecule has 5 heterocycles. The topological polar surface area (TPSA) is 152 Å². The van der Waals surface area contributed by atoms with Crippen LogP contribution in [0.25, 0.3) is 27.7 Å². The van der Waals surface area contributed by atoms with Crippen molar-refractivity contribution in [1.29, 1.82) is 0 Å². The first-order valence-corrected chi connectivity index (χ1v) is 14.6. The van der Waals surface area contributed by atoms with Gasteiger partial charge >= 0.3 is 6.09 Å². The van der Waals surface area contributed by atoms with Crippen molar-refractivity contribution >= 4 is 38.6 Å². The molecule has 4 aromatic heterocycles. The number of aromatic nitrogens is 5. The first-order chi connectivity index (χ1) is 19.8. The van der Waals surface area contributed by atoms with Crippen molar-refractivity contribution in [3.63, 3.8) is 0 Å². The Morgan fingerprint density at radius 1 is 1.02 bits per heavy atom. The molecule has 2 N–H and O–H groups in total. The van der Waals surface area contributed by atoms with Gasteiger partial charge in [0, 0.05) is 55.1 Å². The summed E-state index contributed by atoms with van der Waals surface area (Å²) in [5.74, 6) is -0.696. The first-order valence-electron chi connectivity index (χ1n) is 13.2. The summed E-state index contributed by atoms with van der Waals surface area (Å²) in [6, 6.07) is 15.4.